The minimum absolute atomic E-state index is 0.172. The number of rotatable bonds is 4. The van der Waals surface area contributed by atoms with E-state index >= 15 is 0 Å². The Labute approximate surface area is 141 Å². The number of benzene rings is 1. The van der Waals surface area contributed by atoms with Crippen LogP contribution in [0.4, 0.5) is 0 Å². The molecule has 6 nitrogen and oxygen atoms in total. The minimum atomic E-state index is -0.391. The lowest BCUT2D eigenvalue weighted by Gasteiger charge is -2.27. The number of nitrogens with one attached hydrogen (secondary N) is 1. The first-order chi connectivity index (χ1) is 11.5. The molecule has 24 heavy (non-hydrogen) atoms. The van der Waals surface area contributed by atoms with E-state index in [9.17, 15) is 14.4 Å². The molecule has 0 atom stereocenters. The van der Waals surface area contributed by atoms with Crippen LogP contribution in [0.2, 0.25) is 0 Å². The quantitative estimate of drug-likeness (QED) is 0.521. The van der Waals surface area contributed by atoms with Crippen LogP contribution in [-0.2, 0) is 14.4 Å². The lowest BCUT2D eigenvalue weighted by molar-refractivity contribution is -0.132. The Hall–Kier alpha value is -2.63. The topological polar surface area (TPSA) is 75.7 Å². The van der Waals surface area contributed by atoms with Gasteiger partial charge in [0.15, 0.2) is 0 Å². The maximum Gasteiger partial charge on any atom is 0.308 e. The normalized spacial score (nSPS) is 14.9. The van der Waals surface area contributed by atoms with Crippen LogP contribution in [-0.4, -0.2) is 35.8 Å². The first kappa shape index (κ1) is 17.7. The van der Waals surface area contributed by atoms with E-state index < -0.39 is 5.97 Å². The predicted octanol–water partition coefficient (Wildman–Crippen LogP) is 2.10. The highest BCUT2D eigenvalue weighted by molar-refractivity contribution is 6.01. The van der Waals surface area contributed by atoms with Crippen molar-refractivity contribution in [2.24, 2.45) is 0 Å². The Morgan fingerprint density at radius 3 is 2.21 bits per heavy atom. The highest BCUT2D eigenvalue weighted by Crippen LogP contribution is 2.16. The largest absolute Gasteiger partial charge is 0.427 e. The number of amides is 2. The van der Waals surface area contributed by atoms with Gasteiger partial charge in [-0.15, -0.1) is 0 Å². The molecule has 1 aromatic rings. The number of carbonyl (C=O) groups is 3. The Balaban J connectivity index is 2.19. The van der Waals surface area contributed by atoms with E-state index in [1.54, 1.807) is 35.2 Å². The molecule has 0 aliphatic carbocycles. The summed E-state index contributed by atoms with van der Waals surface area (Å²) in [5.74, 6) is -0.419. The molecular weight excluding hydrogens is 308 g/mol. The van der Waals surface area contributed by atoms with E-state index in [0.29, 0.717) is 18.8 Å². The minimum Gasteiger partial charge on any atom is -0.427 e. The summed E-state index contributed by atoms with van der Waals surface area (Å²) in [6.45, 7) is 4.13. The second-order valence-corrected chi connectivity index (χ2v) is 5.75. The summed E-state index contributed by atoms with van der Waals surface area (Å²) < 4.78 is 4.98. The molecule has 1 aliphatic heterocycles. The van der Waals surface area contributed by atoms with Crippen molar-refractivity contribution in [2.75, 3.05) is 13.1 Å². The van der Waals surface area contributed by atoms with Crippen LogP contribution >= 0.6 is 0 Å². The Morgan fingerprint density at radius 2 is 1.67 bits per heavy atom. The molecule has 1 saturated heterocycles. The maximum absolute atomic E-state index is 12.6. The number of hydrogen-bond acceptors (Lipinski definition) is 4. The number of esters is 1. The van der Waals surface area contributed by atoms with E-state index in [0.717, 1.165) is 24.8 Å². The summed E-state index contributed by atoms with van der Waals surface area (Å²) in [5.41, 5.74) is 0.990. The van der Waals surface area contributed by atoms with Crippen molar-refractivity contribution < 1.29 is 19.1 Å². The highest BCUT2D eigenvalue weighted by Gasteiger charge is 2.21. The lowest BCUT2D eigenvalue weighted by Crippen LogP contribution is -2.40. The first-order valence-corrected chi connectivity index (χ1v) is 8.03. The zero-order chi connectivity index (χ0) is 17.5. The lowest BCUT2D eigenvalue weighted by atomic mass is 10.1. The fourth-order valence-corrected chi connectivity index (χ4v) is 2.57. The number of hydrogen-bond donors (Lipinski definition) is 1. The summed E-state index contributed by atoms with van der Waals surface area (Å²) in [5, 5.41) is 2.62. The average Bonchev–Trinajstić information content (AvgIpc) is 2.55. The molecule has 6 heteroatoms. The van der Waals surface area contributed by atoms with Crippen LogP contribution in [0.3, 0.4) is 0 Å². The zero-order valence-corrected chi connectivity index (χ0v) is 14.0. The summed E-state index contributed by atoms with van der Waals surface area (Å²) >= 11 is 0. The van der Waals surface area contributed by atoms with Crippen LogP contribution < -0.4 is 10.1 Å². The van der Waals surface area contributed by atoms with Gasteiger partial charge in [-0.3, -0.25) is 14.4 Å². The zero-order valence-electron chi connectivity index (χ0n) is 14.0. The molecule has 0 aromatic heterocycles. The molecule has 0 radical (unpaired) electrons. The molecular formula is C18H22N2O4. The summed E-state index contributed by atoms with van der Waals surface area (Å²) in [4.78, 5) is 36.7. The van der Waals surface area contributed by atoms with Crippen molar-refractivity contribution in [1.82, 2.24) is 10.2 Å². The smallest absolute Gasteiger partial charge is 0.308 e. The molecule has 128 valence electrons. The molecule has 0 bridgehead atoms. The van der Waals surface area contributed by atoms with Crippen LogP contribution in [0, 0.1) is 0 Å². The van der Waals surface area contributed by atoms with Crippen molar-refractivity contribution in [3.63, 3.8) is 0 Å². The molecule has 0 unspecified atom stereocenters. The molecule has 1 N–H and O–H groups in total. The third-order valence-corrected chi connectivity index (χ3v) is 3.64. The van der Waals surface area contributed by atoms with Gasteiger partial charge in [-0.2, -0.15) is 0 Å². The predicted molar refractivity (Wildman–Crippen MR) is 90.0 cm³/mol. The molecule has 1 aliphatic rings. The van der Waals surface area contributed by atoms with Gasteiger partial charge in [-0.1, -0.05) is 12.1 Å². The standard InChI is InChI=1S/C18H22N2O4/c1-13(21)19-17(18(23)20-10-4-3-5-11-20)12-15-6-8-16(9-7-15)24-14(2)22/h6-9,12H,3-5,10-11H2,1-2H3,(H,19,21)/b17-12+. The molecule has 2 amide bonds. The van der Waals surface area contributed by atoms with Crippen molar-refractivity contribution in [3.05, 3.63) is 35.5 Å². The fourth-order valence-electron chi connectivity index (χ4n) is 2.57. The van der Waals surface area contributed by atoms with Gasteiger partial charge in [0.1, 0.15) is 11.4 Å². The SMILES string of the molecule is CC(=O)N/C(=C/c1ccc(OC(C)=O)cc1)C(=O)N1CCCCC1. The van der Waals surface area contributed by atoms with Gasteiger partial charge in [0, 0.05) is 26.9 Å². The number of likely N-dealkylation sites (tertiary alicyclic amines) is 1. The average molecular weight is 330 g/mol. The van der Waals surface area contributed by atoms with Crippen LogP contribution in [0.15, 0.2) is 30.0 Å². The van der Waals surface area contributed by atoms with Crippen molar-refractivity contribution >= 4 is 23.9 Å². The fraction of sp³-hybridized carbons (Fsp3) is 0.389. The highest BCUT2D eigenvalue weighted by atomic mass is 16.5. The van der Waals surface area contributed by atoms with Gasteiger partial charge in [-0.25, -0.2) is 0 Å². The van der Waals surface area contributed by atoms with E-state index in [1.807, 2.05) is 0 Å². The Bertz CT molecular complexity index is 643. The molecule has 0 spiro atoms. The van der Waals surface area contributed by atoms with E-state index in [-0.39, 0.29) is 17.5 Å². The van der Waals surface area contributed by atoms with Crippen LogP contribution in [0.5, 0.6) is 5.75 Å². The van der Waals surface area contributed by atoms with Gasteiger partial charge in [-0.05, 0) is 43.0 Å². The second kappa shape index (κ2) is 8.29. The summed E-state index contributed by atoms with van der Waals surface area (Å²) in [6, 6.07) is 6.74. The number of nitrogens with zero attached hydrogens (tertiary/aromatic N) is 1. The number of ether oxygens (including phenoxy) is 1. The summed E-state index contributed by atoms with van der Waals surface area (Å²) in [6.07, 6.45) is 4.73. The molecule has 1 heterocycles. The van der Waals surface area contributed by atoms with Gasteiger partial charge < -0.3 is 15.0 Å². The van der Waals surface area contributed by atoms with Crippen LogP contribution in [0.1, 0.15) is 38.7 Å². The molecule has 0 saturated carbocycles. The van der Waals surface area contributed by atoms with E-state index in [2.05, 4.69) is 5.32 Å². The van der Waals surface area contributed by atoms with Crippen molar-refractivity contribution in [3.8, 4) is 5.75 Å². The molecule has 2 rings (SSSR count). The van der Waals surface area contributed by atoms with Gasteiger partial charge in [0.2, 0.25) is 5.91 Å². The number of piperidine rings is 1. The summed E-state index contributed by atoms with van der Waals surface area (Å²) in [7, 11) is 0. The maximum atomic E-state index is 12.6. The van der Waals surface area contributed by atoms with Gasteiger partial charge >= 0.3 is 5.97 Å². The van der Waals surface area contributed by atoms with Gasteiger partial charge in [0.25, 0.3) is 5.91 Å². The molecule has 1 aromatic carbocycles. The second-order valence-electron chi connectivity index (χ2n) is 5.75. The van der Waals surface area contributed by atoms with E-state index in [1.165, 1.54) is 13.8 Å². The Kier molecular flexibility index (Phi) is 6.12. The van der Waals surface area contributed by atoms with Crippen LogP contribution in [0.25, 0.3) is 6.08 Å². The van der Waals surface area contributed by atoms with Crippen molar-refractivity contribution in [2.45, 2.75) is 33.1 Å². The third kappa shape index (κ3) is 5.22. The Morgan fingerprint density at radius 1 is 1.04 bits per heavy atom. The number of carbonyl (C=O) groups excluding carboxylic acids is 3. The molecule has 1 fully saturated rings. The monoisotopic (exact) mass is 330 g/mol. The van der Waals surface area contributed by atoms with Gasteiger partial charge in [0.05, 0.1) is 0 Å². The first-order valence-electron chi connectivity index (χ1n) is 8.03. The third-order valence-electron chi connectivity index (χ3n) is 3.64. The van der Waals surface area contributed by atoms with E-state index in [4.69, 9.17) is 4.74 Å². The van der Waals surface area contributed by atoms with Crippen molar-refractivity contribution in [1.29, 1.82) is 0 Å².